The molecular weight excluding hydrogens is 333 g/mol. The molecule has 1 heterocycles. The molecule has 6 heteroatoms. The van der Waals surface area contributed by atoms with Crippen LogP contribution in [0.4, 0.5) is 10.1 Å². The highest BCUT2D eigenvalue weighted by atomic mass is 19.1. The lowest BCUT2D eigenvalue weighted by molar-refractivity contribution is -0.111. The molecule has 0 radical (unpaired) electrons. The maximum atomic E-state index is 14.4. The van der Waals surface area contributed by atoms with E-state index in [4.69, 9.17) is 4.74 Å². The highest BCUT2D eigenvalue weighted by Gasteiger charge is 2.09. The molecule has 0 aliphatic carbocycles. The van der Waals surface area contributed by atoms with Crippen LogP contribution in [0.5, 0.6) is 5.75 Å². The summed E-state index contributed by atoms with van der Waals surface area (Å²) in [6, 6.07) is 11.9. The number of nitrogens with zero attached hydrogens (tertiary/aromatic N) is 2. The van der Waals surface area contributed by atoms with Crippen molar-refractivity contribution in [3.63, 3.8) is 0 Å². The van der Waals surface area contributed by atoms with Gasteiger partial charge in [-0.15, -0.1) is 0 Å². The van der Waals surface area contributed by atoms with Crippen molar-refractivity contribution in [2.24, 2.45) is 0 Å². The van der Waals surface area contributed by atoms with Crippen LogP contribution in [0.1, 0.15) is 11.4 Å². The number of amides is 1. The van der Waals surface area contributed by atoms with Crippen LogP contribution in [0.2, 0.25) is 0 Å². The Hall–Kier alpha value is -3.41. The third kappa shape index (κ3) is 3.80. The summed E-state index contributed by atoms with van der Waals surface area (Å²) in [6.45, 7) is 1.79. The van der Waals surface area contributed by atoms with E-state index >= 15 is 0 Å². The predicted octanol–water partition coefficient (Wildman–Crippen LogP) is 3.98. The van der Waals surface area contributed by atoms with Crippen molar-refractivity contribution in [3.8, 4) is 11.4 Å². The number of carbonyl (C=O) groups excluding carboxylic acids is 1. The first-order chi connectivity index (χ1) is 12.6. The van der Waals surface area contributed by atoms with Gasteiger partial charge in [0.1, 0.15) is 17.4 Å². The van der Waals surface area contributed by atoms with Crippen molar-refractivity contribution >= 4 is 17.7 Å². The van der Waals surface area contributed by atoms with Crippen molar-refractivity contribution in [3.05, 3.63) is 78.1 Å². The number of hydrogen-bond donors (Lipinski definition) is 1. The van der Waals surface area contributed by atoms with Crippen LogP contribution in [0.15, 0.2) is 60.9 Å². The number of nitrogens with one attached hydrogen (secondary N) is 1. The number of para-hydroxylation sites is 1. The number of halogens is 1. The van der Waals surface area contributed by atoms with Gasteiger partial charge in [-0.3, -0.25) is 4.79 Å². The van der Waals surface area contributed by atoms with Crippen LogP contribution in [0.3, 0.4) is 0 Å². The van der Waals surface area contributed by atoms with Crippen LogP contribution in [-0.4, -0.2) is 22.6 Å². The van der Waals surface area contributed by atoms with E-state index in [9.17, 15) is 9.18 Å². The Labute approximate surface area is 150 Å². The number of methoxy groups -OCH3 is 1. The largest absolute Gasteiger partial charge is 0.496 e. The van der Waals surface area contributed by atoms with Crippen LogP contribution in [0, 0.1) is 12.7 Å². The minimum Gasteiger partial charge on any atom is -0.496 e. The standard InChI is InChI=1S/C20H18FN3O2/c1-14-22-11-12-24(14)18-9-8-16(13-17(18)21)23-20(25)10-7-15-5-3-4-6-19(15)26-2/h3-13H,1-2H3,(H,23,25)/b10-7+. The molecule has 5 nitrogen and oxygen atoms in total. The molecule has 1 N–H and O–H groups in total. The number of benzene rings is 2. The van der Waals surface area contributed by atoms with Gasteiger partial charge < -0.3 is 14.6 Å². The number of aryl methyl sites for hydroxylation is 1. The Morgan fingerprint density at radius 3 is 2.77 bits per heavy atom. The van der Waals surface area contributed by atoms with Gasteiger partial charge in [0, 0.05) is 29.7 Å². The molecule has 3 rings (SSSR count). The van der Waals surface area contributed by atoms with Gasteiger partial charge in [-0.25, -0.2) is 9.37 Å². The second-order valence-corrected chi connectivity index (χ2v) is 5.58. The zero-order valence-electron chi connectivity index (χ0n) is 14.4. The fraction of sp³-hybridized carbons (Fsp3) is 0.100. The molecule has 1 aromatic heterocycles. The third-order valence-corrected chi connectivity index (χ3v) is 3.85. The molecule has 0 saturated heterocycles. The van der Waals surface area contributed by atoms with Gasteiger partial charge in [-0.1, -0.05) is 18.2 Å². The van der Waals surface area contributed by atoms with Crippen LogP contribution < -0.4 is 10.1 Å². The zero-order chi connectivity index (χ0) is 18.5. The second-order valence-electron chi connectivity index (χ2n) is 5.58. The number of rotatable bonds is 5. The summed E-state index contributed by atoms with van der Waals surface area (Å²) in [5.74, 6) is 0.544. The molecule has 0 atom stereocenters. The van der Waals surface area contributed by atoms with E-state index in [0.717, 1.165) is 5.56 Å². The fourth-order valence-electron chi connectivity index (χ4n) is 2.57. The monoisotopic (exact) mass is 351 g/mol. The number of aromatic nitrogens is 2. The van der Waals surface area contributed by atoms with Gasteiger partial charge in [0.25, 0.3) is 0 Å². The van der Waals surface area contributed by atoms with E-state index in [1.54, 1.807) is 49.2 Å². The van der Waals surface area contributed by atoms with E-state index in [1.807, 2.05) is 24.3 Å². The number of hydrogen-bond acceptors (Lipinski definition) is 3. The quantitative estimate of drug-likeness (QED) is 0.708. The van der Waals surface area contributed by atoms with E-state index < -0.39 is 5.82 Å². The van der Waals surface area contributed by atoms with Gasteiger partial charge in [0.2, 0.25) is 5.91 Å². The zero-order valence-corrected chi connectivity index (χ0v) is 14.4. The number of anilines is 1. The molecule has 2 aromatic carbocycles. The summed E-state index contributed by atoms with van der Waals surface area (Å²) in [4.78, 5) is 16.2. The van der Waals surface area contributed by atoms with Crippen molar-refractivity contribution in [2.45, 2.75) is 6.92 Å². The molecule has 0 fully saturated rings. The summed E-state index contributed by atoms with van der Waals surface area (Å²) in [7, 11) is 1.57. The van der Waals surface area contributed by atoms with E-state index in [1.165, 1.54) is 12.1 Å². The summed E-state index contributed by atoms with van der Waals surface area (Å²) in [5, 5.41) is 2.65. The first-order valence-electron chi connectivity index (χ1n) is 8.00. The van der Waals surface area contributed by atoms with Gasteiger partial charge in [0.05, 0.1) is 12.8 Å². The van der Waals surface area contributed by atoms with Crippen LogP contribution in [-0.2, 0) is 4.79 Å². The Morgan fingerprint density at radius 2 is 2.08 bits per heavy atom. The van der Waals surface area contributed by atoms with Crippen LogP contribution >= 0.6 is 0 Å². The van der Waals surface area contributed by atoms with Gasteiger partial charge in [-0.2, -0.15) is 0 Å². The minimum atomic E-state index is -0.447. The lowest BCUT2D eigenvalue weighted by Crippen LogP contribution is -2.09. The number of imidazole rings is 1. The maximum absolute atomic E-state index is 14.4. The highest BCUT2D eigenvalue weighted by molar-refractivity contribution is 6.02. The number of ether oxygens (including phenoxy) is 1. The van der Waals surface area contributed by atoms with E-state index in [-0.39, 0.29) is 5.91 Å². The summed E-state index contributed by atoms with van der Waals surface area (Å²) >= 11 is 0. The molecule has 0 bridgehead atoms. The third-order valence-electron chi connectivity index (χ3n) is 3.85. The average Bonchev–Trinajstić information content (AvgIpc) is 3.06. The molecule has 0 unspecified atom stereocenters. The molecule has 0 saturated carbocycles. The smallest absolute Gasteiger partial charge is 0.248 e. The Kier molecular flexibility index (Phi) is 5.12. The summed E-state index contributed by atoms with van der Waals surface area (Å²) < 4.78 is 21.2. The molecule has 0 aliphatic heterocycles. The lowest BCUT2D eigenvalue weighted by atomic mass is 10.2. The molecule has 0 aliphatic rings. The average molecular weight is 351 g/mol. The lowest BCUT2D eigenvalue weighted by Gasteiger charge is -2.09. The minimum absolute atomic E-state index is 0.359. The Morgan fingerprint density at radius 1 is 1.27 bits per heavy atom. The first kappa shape index (κ1) is 17.4. The molecule has 0 spiro atoms. The molecular formula is C20H18FN3O2. The van der Waals surface area contributed by atoms with Crippen molar-refractivity contribution in [1.82, 2.24) is 9.55 Å². The highest BCUT2D eigenvalue weighted by Crippen LogP contribution is 2.20. The fourth-order valence-corrected chi connectivity index (χ4v) is 2.57. The van der Waals surface area contributed by atoms with Crippen molar-refractivity contribution in [2.75, 3.05) is 12.4 Å². The van der Waals surface area contributed by atoms with E-state index in [2.05, 4.69) is 10.3 Å². The predicted molar refractivity (Wildman–Crippen MR) is 98.9 cm³/mol. The van der Waals surface area contributed by atoms with Gasteiger partial charge in [-0.05, 0) is 37.3 Å². The normalized spacial score (nSPS) is 10.9. The summed E-state index contributed by atoms with van der Waals surface area (Å²) in [6.07, 6.45) is 6.31. The molecule has 1 amide bonds. The molecule has 132 valence electrons. The maximum Gasteiger partial charge on any atom is 0.248 e. The van der Waals surface area contributed by atoms with Crippen molar-refractivity contribution < 1.29 is 13.9 Å². The Bertz CT molecular complexity index is 963. The topological polar surface area (TPSA) is 56.1 Å². The van der Waals surface area contributed by atoms with Crippen LogP contribution in [0.25, 0.3) is 11.8 Å². The Balaban J connectivity index is 1.73. The summed E-state index contributed by atoms with van der Waals surface area (Å²) in [5.41, 5.74) is 1.53. The van der Waals surface area contributed by atoms with Crippen molar-refractivity contribution in [1.29, 1.82) is 0 Å². The molecule has 3 aromatic rings. The second kappa shape index (κ2) is 7.65. The SMILES string of the molecule is COc1ccccc1/C=C/C(=O)Nc1ccc(-n2ccnc2C)c(F)c1. The number of carbonyl (C=O) groups is 1. The first-order valence-corrected chi connectivity index (χ1v) is 8.00. The van der Waals surface area contributed by atoms with E-state index in [0.29, 0.717) is 22.9 Å². The van der Waals surface area contributed by atoms with Gasteiger partial charge in [0.15, 0.2) is 0 Å². The molecule has 26 heavy (non-hydrogen) atoms. The van der Waals surface area contributed by atoms with Gasteiger partial charge >= 0.3 is 0 Å².